The lowest BCUT2D eigenvalue weighted by Gasteiger charge is -2.07. The SMILES string of the molecule is COc1ccccc1/C=N/[C@@H](C)c1ccccc1. The van der Waals surface area contributed by atoms with Crippen LogP contribution in [-0.2, 0) is 0 Å². The summed E-state index contributed by atoms with van der Waals surface area (Å²) in [5, 5.41) is 0. The van der Waals surface area contributed by atoms with Crippen molar-refractivity contribution >= 4 is 6.21 Å². The topological polar surface area (TPSA) is 21.6 Å². The van der Waals surface area contributed by atoms with Crippen LogP contribution in [0.2, 0.25) is 0 Å². The fourth-order valence-electron chi connectivity index (χ4n) is 1.78. The molecule has 18 heavy (non-hydrogen) atoms. The first-order valence-electron chi connectivity index (χ1n) is 6.02. The van der Waals surface area contributed by atoms with Crippen molar-refractivity contribution in [1.29, 1.82) is 0 Å². The zero-order chi connectivity index (χ0) is 12.8. The Morgan fingerprint density at radius 1 is 1.00 bits per heavy atom. The van der Waals surface area contributed by atoms with Gasteiger partial charge in [-0.2, -0.15) is 0 Å². The molecule has 0 heterocycles. The van der Waals surface area contributed by atoms with Crippen molar-refractivity contribution in [1.82, 2.24) is 0 Å². The van der Waals surface area contributed by atoms with Gasteiger partial charge in [0, 0.05) is 11.8 Å². The number of aliphatic imine (C=N–C) groups is 1. The number of hydrogen-bond acceptors (Lipinski definition) is 2. The summed E-state index contributed by atoms with van der Waals surface area (Å²) in [6, 6.07) is 18.3. The summed E-state index contributed by atoms with van der Waals surface area (Å²) in [6.45, 7) is 2.08. The highest BCUT2D eigenvalue weighted by Gasteiger charge is 2.02. The van der Waals surface area contributed by atoms with Crippen LogP contribution < -0.4 is 4.74 Å². The third-order valence-corrected chi connectivity index (χ3v) is 2.86. The molecule has 2 rings (SSSR count). The Bertz CT molecular complexity index is 520. The lowest BCUT2D eigenvalue weighted by Crippen LogP contribution is -1.93. The van der Waals surface area contributed by atoms with Crippen molar-refractivity contribution in [2.75, 3.05) is 7.11 Å². The molecule has 0 bridgehead atoms. The molecule has 2 aromatic carbocycles. The maximum atomic E-state index is 5.29. The molecule has 0 spiro atoms. The Kier molecular flexibility index (Phi) is 4.13. The van der Waals surface area contributed by atoms with Gasteiger partial charge in [0.2, 0.25) is 0 Å². The van der Waals surface area contributed by atoms with E-state index in [1.54, 1.807) is 7.11 Å². The predicted octanol–water partition coefficient (Wildman–Crippen LogP) is 3.88. The lowest BCUT2D eigenvalue weighted by atomic mass is 10.1. The van der Waals surface area contributed by atoms with Crippen LogP contribution in [0.15, 0.2) is 59.6 Å². The van der Waals surface area contributed by atoms with Crippen LogP contribution in [0.3, 0.4) is 0 Å². The van der Waals surface area contributed by atoms with E-state index in [9.17, 15) is 0 Å². The summed E-state index contributed by atoms with van der Waals surface area (Å²) in [6.07, 6.45) is 1.87. The molecule has 2 heteroatoms. The Morgan fingerprint density at radius 2 is 1.67 bits per heavy atom. The van der Waals surface area contributed by atoms with Crippen LogP contribution in [-0.4, -0.2) is 13.3 Å². The second-order valence-corrected chi connectivity index (χ2v) is 4.11. The highest BCUT2D eigenvalue weighted by Crippen LogP contribution is 2.18. The van der Waals surface area contributed by atoms with E-state index in [0.29, 0.717) is 0 Å². The van der Waals surface area contributed by atoms with Gasteiger partial charge >= 0.3 is 0 Å². The van der Waals surface area contributed by atoms with Gasteiger partial charge in [0.1, 0.15) is 5.75 Å². The van der Waals surface area contributed by atoms with Gasteiger partial charge in [-0.25, -0.2) is 0 Å². The maximum Gasteiger partial charge on any atom is 0.127 e. The van der Waals surface area contributed by atoms with Gasteiger partial charge in [-0.1, -0.05) is 42.5 Å². The van der Waals surface area contributed by atoms with Gasteiger partial charge in [-0.15, -0.1) is 0 Å². The monoisotopic (exact) mass is 239 g/mol. The zero-order valence-electron chi connectivity index (χ0n) is 10.7. The molecule has 0 aliphatic carbocycles. The number of nitrogens with zero attached hydrogens (tertiary/aromatic N) is 1. The van der Waals surface area contributed by atoms with Crippen molar-refractivity contribution in [3.8, 4) is 5.75 Å². The lowest BCUT2D eigenvalue weighted by molar-refractivity contribution is 0.414. The van der Waals surface area contributed by atoms with Crippen molar-refractivity contribution in [3.63, 3.8) is 0 Å². The third kappa shape index (κ3) is 2.98. The Balaban J connectivity index is 2.16. The Labute approximate surface area is 108 Å². The van der Waals surface area contributed by atoms with Gasteiger partial charge in [0.05, 0.1) is 13.2 Å². The molecule has 1 atom stereocenters. The van der Waals surface area contributed by atoms with E-state index in [1.165, 1.54) is 5.56 Å². The summed E-state index contributed by atoms with van der Waals surface area (Å²) >= 11 is 0. The molecule has 0 amide bonds. The van der Waals surface area contributed by atoms with Gasteiger partial charge in [0.25, 0.3) is 0 Å². The van der Waals surface area contributed by atoms with E-state index in [4.69, 9.17) is 4.74 Å². The van der Waals surface area contributed by atoms with E-state index < -0.39 is 0 Å². The van der Waals surface area contributed by atoms with Crippen LogP contribution in [0, 0.1) is 0 Å². The third-order valence-electron chi connectivity index (χ3n) is 2.86. The quantitative estimate of drug-likeness (QED) is 0.742. The van der Waals surface area contributed by atoms with Gasteiger partial charge in [0.15, 0.2) is 0 Å². The summed E-state index contributed by atoms with van der Waals surface area (Å²) in [5.41, 5.74) is 2.21. The molecule has 2 aromatic rings. The van der Waals surface area contributed by atoms with Gasteiger partial charge in [-0.3, -0.25) is 4.99 Å². The van der Waals surface area contributed by atoms with Gasteiger partial charge < -0.3 is 4.74 Å². The fraction of sp³-hybridized carbons (Fsp3) is 0.188. The van der Waals surface area contributed by atoms with Gasteiger partial charge in [-0.05, 0) is 24.6 Å². The van der Waals surface area contributed by atoms with E-state index in [1.807, 2.05) is 48.7 Å². The molecule has 0 fully saturated rings. The first-order chi connectivity index (χ1) is 8.81. The Hall–Kier alpha value is -2.09. The molecule has 2 nitrogen and oxygen atoms in total. The van der Waals surface area contributed by atoms with E-state index in [-0.39, 0.29) is 6.04 Å². The van der Waals surface area contributed by atoms with E-state index in [0.717, 1.165) is 11.3 Å². The molecule has 92 valence electrons. The number of benzene rings is 2. The highest BCUT2D eigenvalue weighted by molar-refractivity contribution is 5.83. The zero-order valence-corrected chi connectivity index (χ0v) is 10.7. The summed E-state index contributed by atoms with van der Waals surface area (Å²) in [7, 11) is 1.67. The minimum Gasteiger partial charge on any atom is -0.496 e. The average Bonchev–Trinajstić information content (AvgIpc) is 2.46. The molecular weight excluding hydrogens is 222 g/mol. The minimum absolute atomic E-state index is 0.149. The first-order valence-corrected chi connectivity index (χ1v) is 6.02. The van der Waals surface area contributed by atoms with Crippen molar-refractivity contribution in [3.05, 3.63) is 65.7 Å². The molecule has 0 aliphatic rings. The molecule has 0 saturated heterocycles. The molecule has 0 N–H and O–H groups in total. The summed E-state index contributed by atoms with van der Waals surface area (Å²) in [4.78, 5) is 4.57. The van der Waals surface area contributed by atoms with E-state index >= 15 is 0 Å². The number of ether oxygens (including phenoxy) is 1. The van der Waals surface area contributed by atoms with Crippen LogP contribution >= 0.6 is 0 Å². The van der Waals surface area contributed by atoms with Crippen LogP contribution in [0.25, 0.3) is 0 Å². The predicted molar refractivity (Wildman–Crippen MR) is 75.4 cm³/mol. The van der Waals surface area contributed by atoms with Crippen molar-refractivity contribution in [2.45, 2.75) is 13.0 Å². The summed E-state index contributed by atoms with van der Waals surface area (Å²) < 4.78 is 5.29. The molecule has 0 unspecified atom stereocenters. The average molecular weight is 239 g/mol. The molecule has 0 saturated carbocycles. The molecular formula is C16H17NO. The maximum absolute atomic E-state index is 5.29. The first kappa shape index (κ1) is 12.4. The highest BCUT2D eigenvalue weighted by atomic mass is 16.5. The standard InChI is InChI=1S/C16H17NO/c1-13(14-8-4-3-5-9-14)17-12-15-10-6-7-11-16(15)18-2/h3-13H,1-2H3/b17-12+/t13-/m0/s1. The normalized spacial score (nSPS) is 12.6. The Morgan fingerprint density at radius 3 is 2.39 bits per heavy atom. The number of hydrogen-bond donors (Lipinski definition) is 0. The van der Waals surface area contributed by atoms with Crippen LogP contribution in [0.1, 0.15) is 24.1 Å². The van der Waals surface area contributed by atoms with Crippen molar-refractivity contribution < 1.29 is 4.74 Å². The van der Waals surface area contributed by atoms with Crippen LogP contribution in [0.5, 0.6) is 5.75 Å². The van der Waals surface area contributed by atoms with Crippen molar-refractivity contribution in [2.24, 2.45) is 4.99 Å². The molecule has 0 radical (unpaired) electrons. The molecule has 0 aromatic heterocycles. The fourth-order valence-corrected chi connectivity index (χ4v) is 1.78. The number of rotatable bonds is 4. The minimum atomic E-state index is 0.149. The largest absolute Gasteiger partial charge is 0.496 e. The number of para-hydroxylation sites is 1. The van der Waals surface area contributed by atoms with Crippen LogP contribution in [0.4, 0.5) is 0 Å². The second-order valence-electron chi connectivity index (χ2n) is 4.11. The molecule has 0 aliphatic heterocycles. The second kappa shape index (κ2) is 6.01. The summed E-state index contributed by atoms with van der Waals surface area (Å²) in [5.74, 6) is 0.849. The van der Waals surface area contributed by atoms with E-state index in [2.05, 4.69) is 24.0 Å². The number of methoxy groups -OCH3 is 1. The smallest absolute Gasteiger partial charge is 0.127 e.